The Morgan fingerprint density at radius 3 is 2.63 bits per heavy atom. The summed E-state index contributed by atoms with van der Waals surface area (Å²) in [7, 11) is 0. The lowest BCUT2D eigenvalue weighted by Gasteiger charge is -2.11. The Bertz CT molecular complexity index is 529. The van der Waals surface area contributed by atoms with E-state index in [2.05, 4.69) is 4.98 Å². The van der Waals surface area contributed by atoms with Gasteiger partial charge in [-0.25, -0.2) is 0 Å². The maximum atomic E-state index is 6.16. The summed E-state index contributed by atoms with van der Waals surface area (Å²) in [6.45, 7) is 2.51. The fraction of sp³-hybridized carbons (Fsp3) is 0.267. The van der Waals surface area contributed by atoms with E-state index in [1.54, 1.807) is 12.4 Å². The van der Waals surface area contributed by atoms with Gasteiger partial charge in [0, 0.05) is 24.9 Å². The molecule has 100 valence electrons. The van der Waals surface area contributed by atoms with E-state index in [0.29, 0.717) is 17.4 Å². The molecule has 0 spiro atoms. The second-order valence-electron chi connectivity index (χ2n) is 4.43. The summed E-state index contributed by atoms with van der Waals surface area (Å²) in [6, 6.07) is 9.59. The Morgan fingerprint density at radius 2 is 2.00 bits per heavy atom. The largest absolute Gasteiger partial charge is 0.492 e. The third-order valence-corrected chi connectivity index (χ3v) is 3.17. The smallest absolute Gasteiger partial charge is 0.137 e. The van der Waals surface area contributed by atoms with Gasteiger partial charge in [-0.15, -0.1) is 0 Å². The Balaban J connectivity index is 1.93. The average Bonchev–Trinajstić information content (AvgIpc) is 2.41. The van der Waals surface area contributed by atoms with Gasteiger partial charge in [-0.1, -0.05) is 17.7 Å². The minimum atomic E-state index is -0.0247. The van der Waals surface area contributed by atoms with Crippen LogP contribution in [0.5, 0.6) is 5.75 Å². The fourth-order valence-electron chi connectivity index (χ4n) is 1.75. The highest BCUT2D eigenvalue weighted by atomic mass is 35.5. The van der Waals surface area contributed by atoms with Crippen molar-refractivity contribution in [3.63, 3.8) is 0 Å². The number of pyridine rings is 1. The molecule has 0 aliphatic rings. The SMILES string of the molecule is C[C@H](N)c1ccc(OCCc2ccncc2)c(Cl)c1. The molecular weight excluding hydrogens is 260 g/mol. The first-order chi connectivity index (χ1) is 9.16. The van der Waals surface area contributed by atoms with Gasteiger partial charge in [-0.3, -0.25) is 4.98 Å². The van der Waals surface area contributed by atoms with Crippen LogP contribution >= 0.6 is 11.6 Å². The quantitative estimate of drug-likeness (QED) is 0.911. The van der Waals surface area contributed by atoms with Crippen LogP contribution in [0.3, 0.4) is 0 Å². The number of hydrogen-bond acceptors (Lipinski definition) is 3. The van der Waals surface area contributed by atoms with Gasteiger partial charge in [0.05, 0.1) is 11.6 Å². The van der Waals surface area contributed by atoms with Crippen molar-refractivity contribution in [1.29, 1.82) is 0 Å². The van der Waals surface area contributed by atoms with E-state index in [0.717, 1.165) is 12.0 Å². The molecular formula is C15H17ClN2O. The van der Waals surface area contributed by atoms with Crippen molar-refractivity contribution in [3.05, 3.63) is 58.9 Å². The Hall–Kier alpha value is -1.58. The normalized spacial score (nSPS) is 12.2. The third kappa shape index (κ3) is 3.94. The molecule has 0 aliphatic carbocycles. The van der Waals surface area contributed by atoms with Crippen molar-refractivity contribution in [2.75, 3.05) is 6.61 Å². The van der Waals surface area contributed by atoms with E-state index in [4.69, 9.17) is 22.1 Å². The summed E-state index contributed by atoms with van der Waals surface area (Å²) < 4.78 is 5.68. The summed E-state index contributed by atoms with van der Waals surface area (Å²) in [4.78, 5) is 3.98. The molecule has 19 heavy (non-hydrogen) atoms. The third-order valence-electron chi connectivity index (χ3n) is 2.88. The predicted molar refractivity (Wildman–Crippen MR) is 77.5 cm³/mol. The molecule has 1 aromatic carbocycles. The fourth-order valence-corrected chi connectivity index (χ4v) is 1.99. The van der Waals surface area contributed by atoms with Crippen molar-refractivity contribution in [2.24, 2.45) is 5.73 Å². The van der Waals surface area contributed by atoms with E-state index < -0.39 is 0 Å². The van der Waals surface area contributed by atoms with E-state index >= 15 is 0 Å². The van der Waals surface area contributed by atoms with Gasteiger partial charge >= 0.3 is 0 Å². The Kier molecular flexibility index (Phi) is 4.77. The Labute approximate surface area is 118 Å². The van der Waals surface area contributed by atoms with E-state index in [9.17, 15) is 0 Å². The summed E-state index contributed by atoms with van der Waals surface area (Å²) in [5.41, 5.74) is 8.00. The molecule has 1 atom stereocenters. The van der Waals surface area contributed by atoms with Crippen LogP contribution in [0.15, 0.2) is 42.7 Å². The van der Waals surface area contributed by atoms with Crippen LogP contribution in [-0.2, 0) is 6.42 Å². The zero-order valence-corrected chi connectivity index (χ0v) is 11.6. The number of hydrogen-bond donors (Lipinski definition) is 1. The van der Waals surface area contributed by atoms with E-state index in [-0.39, 0.29) is 6.04 Å². The van der Waals surface area contributed by atoms with Crippen LogP contribution < -0.4 is 10.5 Å². The molecule has 0 aliphatic heterocycles. The van der Waals surface area contributed by atoms with Gasteiger partial charge in [0.25, 0.3) is 0 Å². The maximum Gasteiger partial charge on any atom is 0.137 e. The lowest BCUT2D eigenvalue weighted by Crippen LogP contribution is -2.06. The first-order valence-electron chi connectivity index (χ1n) is 6.23. The van der Waals surface area contributed by atoms with Crippen molar-refractivity contribution >= 4 is 11.6 Å². The van der Waals surface area contributed by atoms with Gasteiger partial charge < -0.3 is 10.5 Å². The van der Waals surface area contributed by atoms with Gasteiger partial charge in [0.1, 0.15) is 5.75 Å². The number of nitrogens with zero attached hydrogens (tertiary/aromatic N) is 1. The van der Waals surface area contributed by atoms with Crippen LogP contribution in [0.4, 0.5) is 0 Å². The topological polar surface area (TPSA) is 48.1 Å². The number of aromatic nitrogens is 1. The lowest BCUT2D eigenvalue weighted by molar-refractivity contribution is 0.322. The zero-order valence-electron chi connectivity index (χ0n) is 10.8. The van der Waals surface area contributed by atoms with Gasteiger partial charge in [0.2, 0.25) is 0 Å². The summed E-state index contributed by atoms with van der Waals surface area (Å²) in [5, 5.41) is 0.601. The van der Waals surface area contributed by atoms with Crippen molar-refractivity contribution in [1.82, 2.24) is 4.98 Å². The second-order valence-corrected chi connectivity index (χ2v) is 4.84. The molecule has 0 fully saturated rings. The highest BCUT2D eigenvalue weighted by molar-refractivity contribution is 6.32. The minimum Gasteiger partial charge on any atom is -0.492 e. The van der Waals surface area contributed by atoms with E-state index in [1.807, 2.05) is 37.3 Å². The predicted octanol–water partition coefficient (Wildman–Crippen LogP) is 3.38. The number of halogens is 1. The summed E-state index contributed by atoms with van der Waals surface area (Å²) in [5.74, 6) is 0.695. The standard InChI is InChI=1S/C15H17ClN2O/c1-11(17)13-2-3-15(14(16)10-13)19-9-6-12-4-7-18-8-5-12/h2-5,7-8,10-11H,6,9,17H2,1H3/t11-/m0/s1. The van der Waals surface area contributed by atoms with Gasteiger partial charge in [-0.2, -0.15) is 0 Å². The highest BCUT2D eigenvalue weighted by Gasteiger charge is 2.05. The molecule has 3 nitrogen and oxygen atoms in total. The molecule has 2 aromatic rings. The average molecular weight is 277 g/mol. The zero-order chi connectivity index (χ0) is 13.7. The molecule has 2 rings (SSSR count). The van der Waals surface area contributed by atoms with Crippen LogP contribution in [0, 0.1) is 0 Å². The summed E-state index contributed by atoms with van der Waals surface area (Å²) >= 11 is 6.16. The number of benzene rings is 1. The van der Waals surface area contributed by atoms with Crippen LogP contribution in [-0.4, -0.2) is 11.6 Å². The first kappa shape index (κ1) is 13.8. The molecule has 4 heteroatoms. The van der Waals surface area contributed by atoms with Crippen molar-refractivity contribution in [3.8, 4) is 5.75 Å². The van der Waals surface area contributed by atoms with Crippen LogP contribution in [0.1, 0.15) is 24.1 Å². The molecule has 1 aromatic heterocycles. The minimum absolute atomic E-state index is 0.0247. The lowest BCUT2D eigenvalue weighted by atomic mass is 10.1. The maximum absolute atomic E-state index is 6.16. The molecule has 1 heterocycles. The molecule has 0 amide bonds. The number of nitrogens with two attached hydrogens (primary N) is 1. The van der Waals surface area contributed by atoms with Crippen LogP contribution in [0.2, 0.25) is 5.02 Å². The van der Waals surface area contributed by atoms with Crippen molar-refractivity contribution in [2.45, 2.75) is 19.4 Å². The van der Waals surface area contributed by atoms with E-state index in [1.165, 1.54) is 5.56 Å². The molecule has 2 N–H and O–H groups in total. The second kappa shape index (κ2) is 6.55. The van der Waals surface area contributed by atoms with Crippen LogP contribution in [0.25, 0.3) is 0 Å². The molecule has 0 unspecified atom stereocenters. The Morgan fingerprint density at radius 1 is 1.26 bits per heavy atom. The molecule has 0 saturated carbocycles. The van der Waals surface area contributed by atoms with Crippen molar-refractivity contribution < 1.29 is 4.74 Å². The van der Waals surface area contributed by atoms with Gasteiger partial charge in [0.15, 0.2) is 0 Å². The molecule has 0 bridgehead atoms. The summed E-state index contributed by atoms with van der Waals surface area (Å²) in [6.07, 6.45) is 4.38. The number of ether oxygens (including phenoxy) is 1. The molecule has 0 saturated heterocycles. The highest BCUT2D eigenvalue weighted by Crippen LogP contribution is 2.27. The monoisotopic (exact) mass is 276 g/mol. The molecule has 0 radical (unpaired) electrons. The van der Waals surface area contributed by atoms with Gasteiger partial charge in [-0.05, 0) is 42.3 Å². The first-order valence-corrected chi connectivity index (χ1v) is 6.61. The number of rotatable bonds is 5.